The van der Waals surface area contributed by atoms with E-state index in [2.05, 4.69) is 29.3 Å². The molecule has 0 N–H and O–H groups in total. The number of methoxy groups -OCH3 is 1. The molecular formula is C18H20N2O. The Morgan fingerprint density at radius 1 is 1.10 bits per heavy atom. The Morgan fingerprint density at radius 2 is 1.90 bits per heavy atom. The summed E-state index contributed by atoms with van der Waals surface area (Å²) in [5.74, 6) is 0.879. The highest BCUT2D eigenvalue weighted by Crippen LogP contribution is 2.43. The van der Waals surface area contributed by atoms with Crippen molar-refractivity contribution >= 4 is 0 Å². The molecule has 108 valence electrons. The number of rotatable bonds is 3. The highest BCUT2D eigenvalue weighted by molar-refractivity contribution is 5.67. The molecule has 0 unspecified atom stereocenters. The van der Waals surface area contributed by atoms with Gasteiger partial charge in [0.1, 0.15) is 5.75 Å². The van der Waals surface area contributed by atoms with Crippen molar-refractivity contribution in [3.8, 4) is 17.0 Å². The van der Waals surface area contributed by atoms with Crippen molar-refractivity contribution in [1.29, 1.82) is 0 Å². The third kappa shape index (κ3) is 2.04. The van der Waals surface area contributed by atoms with Crippen LogP contribution in [0.2, 0.25) is 0 Å². The van der Waals surface area contributed by atoms with Gasteiger partial charge in [0, 0.05) is 23.7 Å². The number of nitrogens with zero attached hydrogens (tertiary/aromatic N) is 2. The fourth-order valence-corrected chi connectivity index (χ4v) is 3.83. The molecular weight excluding hydrogens is 260 g/mol. The zero-order valence-corrected chi connectivity index (χ0v) is 12.4. The summed E-state index contributed by atoms with van der Waals surface area (Å²) in [6.45, 7) is 3.70. The van der Waals surface area contributed by atoms with E-state index in [1.807, 2.05) is 18.2 Å². The maximum absolute atomic E-state index is 5.43. The molecule has 21 heavy (non-hydrogen) atoms. The zero-order chi connectivity index (χ0) is 14.3. The van der Waals surface area contributed by atoms with Gasteiger partial charge in [-0.15, -0.1) is 0 Å². The lowest BCUT2D eigenvalue weighted by atomic mass is 9.78. The molecule has 0 atom stereocenters. The summed E-state index contributed by atoms with van der Waals surface area (Å²) in [4.78, 5) is 7.28. The molecule has 1 aromatic carbocycles. The van der Waals surface area contributed by atoms with Crippen LogP contribution in [0.4, 0.5) is 0 Å². The van der Waals surface area contributed by atoms with E-state index in [0.29, 0.717) is 5.41 Å². The monoisotopic (exact) mass is 280 g/mol. The van der Waals surface area contributed by atoms with E-state index < -0.39 is 0 Å². The Balaban J connectivity index is 1.68. The molecule has 3 heteroatoms. The number of hydrogen-bond donors (Lipinski definition) is 0. The Hall–Kier alpha value is -1.87. The average Bonchev–Trinajstić information content (AvgIpc) is 3.17. The Morgan fingerprint density at radius 3 is 2.52 bits per heavy atom. The summed E-state index contributed by atoms with van der Waals surface area (Å²) in [6, 6.07) is 12.5. The first kappa shape index (κ1) is 12.8. The molecule has 0 spiro atoms. The van der Waals surface area contributed by atoms with Crippen molar-refractivity contribution in [1.82, 2.24) is 9.88 Å². The van der Waals surface area contributed by atoms with Crippen LogP contribution in [0.3, 0.4) is 0 Å². The van der Waals surface area contributed by atoms with Gasteiger partial charge in [0.25, 0.3) is 0 Å². The van der Waals surface area contributed by atoms with Crippen LogP contribution in [-0.2, 0) is 5.41 Å². The Kier molecular flexibility index (Phi) is 2.96. The van der Waals surface area contributed by atoms with Gasteiger partial charge >= 0.3 is 0 Å². The number of fused-ring (bicyclic) bond motifs is 2. The van der Waals surface area contributed by atoms with Crippen molar-refractivity contribution in [2.45, 2.75) is 18.3 Å². The molecule has 0 radical (unpaired) electrons. The van der Waals surface area contributed by atoms with Crippen LogP contribution in [0.1, 0.15) is 18.4 Å². The first-order valence-corrected chi connectivity index (χ1v) is 7.63. The van der Waals surface area contributed by atoms with Crippen molar-refractivity contribution in [2.75, 3.05) is 26.7 Å². The van der Waals surface area contributed by atoms with Crippen LogP contribution in [-0.4, -0.2) is 36.6 Å². The molecule has 0 aliphatic carbocycles. The molecule has 2 saturated heterocycles. The number of pyridine rings is 1. The quantitative estimate of drug-likeness (QED) is 0.864. The lowest BCUT2D eigenvalue weighted by Crippen LogP contribution is -2.24. The van der Waals surface area contributed by atoms with Crippen LogP contribution in [0.25, 0.3) is 11.3 Å². The second-order valence-electron chi connectivity index (χ2n) is 6.19. The topological polar surface area (TPSA) is 25.4 Å². The van der Waals surface area contributed by atoms with Crippen LogP contribution in [0.5, 0.6) is 5.75 Å². The second kappa shape index (κ2) is 4.85. The molecule has 2 aromatic rings. The van der Waals surface area contributed by atoms with E-state index in [4.69, 9.17) is 9.72 Å². The smallest absolute Gasteiger partial charge is 0.128 e. The molecule has 0 saturated carbocycles. The van der Waals surface area contributed by atoms with Gasteiger partial charge in [-0.2, -0.15) is 0 Å². The molecule has 4 rings (SSSR count). The highest BCUT2D eigenvalue weighted by atomic mass is 16.5. The first-order valence-electron chi connectivity index (χ1n) is 7.63. The van der Waals surface area contributed by atoms with Crippen molar-refractivity contribution in [2.24, 2.45) is 0 Å². The summed E-state index contributed by atoms with van der Waals surface area (Å²) in [5, 5.41) is 0. The van der Waals surface area contributed by atoms with E-state index in [9.17, 15) is 0 Å². The molecule has 3 nitrogen and oxygen atoms in total. The standard InChI is InChI=1S/C18H20N2O/c1-21-17-5-3-2-4-15(17)16-7-6-14(12-19-16)18-8-10-20(13-18)11-9-18/h2-7,12H,8-11,13H2,1H3. The number of hydrogen-bond acceptors (Lipinski definition) is 3. The third-order valence-electron chi connectivity index (χ3n) is 5.10. The largest absolute Gasteiger partial charge is 0.496 e. The Bertz CT molecular complexity index is 643. The van der Waals surface area contributed by atoms with E-state index in [-0.39, 0.29) is 0 Å². The van der Waals surface area contributed by atoms with Gasteiger partial charge < -0.3 is 9.64 Å². The lowest BCUT2D eigenvalue weighted by molar-refractivity contribution is 0.364. The molecule has 2 bridgehead atoms. The van der Waals surface area contributed by atoms with Crippen LogP contribution in [0.15, 0.2) is 42.6 Å². The average molecular weight is 280 g/mol. The van der Waals surface area contributed by atoms with Gasteiger partial charge in [-0.25, -0.2) is 0 Å². The summed E-state index contributed by atoms with van der Waals surface area (Å²) in [5.41, 5.74) is 3.82. The normalized spacial score (nSPS) is 27.0. The lowest BCUT2D eigenvalue weighted by Gasteiger charge is -2.25. The maximum atomic E-state index is 5.43. The summed E-state index contributed by atoms with van der Waals surface area (Å²) < 4.78 is 5.43. The highest BCUT2D eigenvalue weighted by Gasteiger charge is 2.44. The predicted octanol–water partition coefficient (Wildman–Crippen LogP) is 3.10. The van der Waals surface area contributed by atoms with E-state index in [1.165, 1.54) is 38.0 Å². The number of piperidine rings is 1. The van der Waals surface area contributed by atoms with E-state index in [0.717, 1.165) is 17.0 Å². The minimum atomic E-state index is 0.367. The second-order valence-corrected chi connectivity index (χ2v) is 6.19. The number of ether oxygens (including phenoxy) is 1. The van der Waals surface area contributed by atoms with Crippen LogP contribution in [0, 0.1) is 0 Å². The zero-order valence-electron chi connectivity index (χ0n) is 12.4. The van der Waals surface area contributed by atoms with Crippen molar-refractivity contribution < 1.29 is 4.74 Å². The molecule has 2 aliphatic heterocycles. The minimum Gasteiger partial charge on any atom is -0.496 e. The van der Waals surface area contributed by atoms with Gasteiger partial charge in [0.2, 0.25) is 0 Å². The van der Waals surface area contributed by atoms with Gasteiger partial charge in [0.05, 0.1) is 12.8 Å². The van der Waals surface area contributed by atoms with Crippen LogP contribution < -0.4 is 4.74 Å². The predicted molar refractivity (Wildman–Crippen MR) is 83.6 cm³/mol. The van der Waals surface area contributed by atoms with Gasteiger partial charge in [0.15, 0.2) is 0 Å². The Labute approximate surface area is 125 Å². The van der Waals surface area contributed by atoms with Gasteiger partial charge in [-0.3, -0.25) is 4.98 Å². The molecule has 2 aliphatic rings. The van der Waals surface area contributed by atoms with E-state index in [1.54, 1.807) is 7.11 Å². The van der Waals surface area contributed by atoms with Crippen molar-refractivity contribution in [3.63, 3.8) is 0 Å². The summed E-state index contributed by atoms with van der Waals surface area (Å²) >= 11 is 0. The van der Waals surface area contributed by atoms with E-state index >= 15 is 0 Å². The SMILES string of the molecule is COc1ccccc1-c1ccc(C23CCN(CC2)C3)cn1. The maximum Gasteiger partial charge on any atom is 0.128 e. The number of benzene rings is 1. The minimum absolute atomic E-state index is 0.367. The molecule has 2 fully saturated rings. The fourth-order valence-electron chi connectivity index (χ4n) is 3.83. The molecule has 0 amide bonds. The first-order chi connectivity index (χ1) is 10.3. The number of aromatic nitrogens is 1. The summed E-state index contributed by atoms with van der Waals surface area (Å²) in [6.07, 6.45) is 4.64. The third-order valence-corrected chi connectivity index (χ3v) is 5.10. The van der Waals surface area contributed by atoms with Crippen LogP contribution >= 0.6 is 0 Å². The molecule has 1 aromatic heterocycles. The van der Waals surface area contributed by atoms with Gasteiger partial charge in [-0.05, 0) is 49.7 Å². The summed E-state index contributed by atoms with van der Waals surface area (Å²) in [7, 11) is 1.71. The number of para-hydroxylation sites is 1. The fraction of sp³-hybridized carbons (Fsp3) is 0.389. The van der Waals surface area contributed by atoms with Crippen molar-refractivity contribution in [3.05, 3.63) is 48.2 Å². The van der Waals surface area contributed by atoms with Gasteiger partial charge in [-0.1, -0.05) is 18.2 Å². The molecule has 3 heterocycles.